The highest BCUT2D eigenvalue weighted by Crippen LogP contribution is 2.08. The van der Waals surface area contributed by atoms with E-state index in [1.54, 1.807) is 26.2 Å². The highest BCUT2D eigenvalue weighted by atomic mass is 16.3. The van der Waals surface area contributed by atoms with Gasteiger partial charge in [-0.1, -0.05) is 0 Å². The minimum atomic E-state index is -0.650. The molecule has 1 heterocycles. The van der Waals surface area contributed by atoms with Crippen LogP contribution in [0.1, 0.15) is 20.3 Å². The average molecular weight is 181 g/mol. The Morgan fingerprint density at radius 1 is 1.38 bits per heavy atom. The summed E-state index contributed by atoms with van der Waals surface area (Å²) >= 11 is 0. The standard InChI is InChI=1S/C10H15NO2/c1-10(2,13)5-8-11-6-3-9(12)4-7-11/h3-4,6-7,13H,5,8H2,1-2H3. The second kappa shape index (κ2) is 3.75. The zero-order chi connectivity index (χ0) is 9.90. The molecule has 0 amide bonds. The van der Waals surface area contributed by atoms with Crippen LogP contribution in [0.3, 0.4) is 0 Å². The normalized spacial score (nSPS) is 11.6. The highest BCUT2D eigenvalue weighted by Gasteiger charge is 2.11. The van der Waals surface area contributed by atoms with Crippen molar-refractivity contribution in [3.63, 3.8) is 0 Å². The Labute approximate surface area is 77.6 Å². The van der Waals surface area contributed by atoms with Crippen molar-refractivity contribution < 1.29 is 5.11 Å². The smallest absolute Gasteiger partial charge is 0.181 e. The molecule has 0 aliphatic rings. The lowest BCUT2D eigenvalue weighted by molar-refractivity contribution is 0.0661. The van der Waals surface area contributed by atoms with Gasteiger partial charge in [0.05, 0.1) is 5.60 Å². The fourth-order valence-corrected chi connectivity index (χ4v) is 0.995. The van der Waals surface area contributed by atoms with Gasteiger partial charge in [0.15, 0.2) is 5.43 Å². The number of pyridine rings is 1. The lowest BCUT2D eigenvalue weighted by atomic mass is 10.1. The summed E-state index contributed by atoms with van der Waals surface area (Å²) in [5.41, 5.74) is -0.636. The van der Waals surface area contributed by atoms with E-state index in [9.17, 15) is 9.90 Å². The summed E-state index contributed by atoms with van der Waals surface area (Å²) in [4.78, 5) is 10.8. The van der Waals surface area contributed by atoms with Crippen molar-refractivity contribution in [1.82, 2.24) is 4.57 Å². The van der Waals surface area contributed by atoms with Gasteiger partial charge in [0.25, 0.3) is 0 Å². The Balaban J connectivity index is 2.56. The van der Waals surface area contributed by atoms with E-state index in [-0.39, 0.29) is 5.43 Å². The Bertz CT molecular complexity index is 302. The van der Waals surface area contributed by atoms with Gasteiger partial charge in [0.2, 0.25) is 0 Å². The Morgan fingerprint density at radius 2 is 1.92 bits per heavy atom. The first-order valence-electron chi connectivity index (χ1n) is 4.36. The molecule has 1 N–H and O–H groups in total. The van der Waals surface area contributed by atoms with Crippen LogP contribution in [-0.4, -0.2) is 15.3 Å². The molecular formula is C10H15NO2. The quantitative estimate of drug-likeness (QED) is 0.756. The molecule has 0 fully saturated rings. The third-order valence-corrected chi connectivity index (χ3v) is 1.84. The van der Waals surface area contributed by atoms with E-state index in [1.807, 2.05) is 4.57 Å². The zero-order valence-electron chi connectivity index (χ0n) is 8.03. The largest absolute Gasteiger partial charge is 0.390 e. The maximum absolute atomic E-state index is 10.8. The Kier molecular flexibility index (Phi) is 2.88. The molecule has 0 unspecified atom stereocenters. The third-order valence-electron chi connectivity index (χ3n) is 1.84. The highest BCUT2D eigenvalue weighted by molar-refractivity contribution is 4.93. The van der Waals surface area contributed by atoms with E-state index < -0.39 is 5.60 Å². The second-order valence-corrected chi connectivity index (χ2v) is 3.83. The third kappa shape index (κ3) is 3.90. The summed E-state index contributed by atoms with van der Waals surface area (Å²) < 4.78 is 1.89. The van der Waals surface area contributed by atoms with Gasteiger partial charge in [-0.3, -0.25) is 4.79 Å². The van der Waals surface area contributed by atoms with Crippen LogP contribution in [0, 0.1) is 0 Å². The van der Waals surface area contributed by atoms with Gasteiger partial charge in [0.1, 0.15) is 0 Å². The van der Waals surface area contributed by atoms with Crippen molar-refractivity contribution in [2.24, 2.45) is 0 Å². The van der Waals surface area contributed by atoms with Crippen molar-refractivity contribution in [2.75, 3.05) is 0 Å². The molecule has 0 aliphatic carbocycles. The summed E-state index contributed by atoms with van der Waals surface area (Å²) in [5.74, 6) is 0. The van der Waals surface area contributed by atoms with E-state index in [1.165, 1.54) is 12.1 Å². The molecular weight excluding hydrogens is 166 g/mol. The summed E-state index contributed by atoms with van der Waals surface area (Å²) in [5, 5.41) is 9.46. The molecule has 1 aromatic rings. The van der Waals surface area contributed by atoms with Gasteiger partial charge in [-0.2, -0.15) is 0 Å². The number of aryl methyl sites for hydroxylation is 1. The summed E-state index contributed by atoms with van der Waals surface area (Å²) in [6.45, 7) is 4.27. The predicted octanol–water partition coefficient (Wildman–Crippen LogP) is 1.01. The molecule has 13 heavy (non-hydrogen) atoms. The van der Waals surface area contributed by atoms with Crippen molar-refractivity contribution in [1.29, 1.82) is 0 Å². The van der Waals surface area contributed by atoms with Crippen molar-refractivity contribution in [3.05, 3.63) is 34.7 Å². The number of aromatic nitrogens is 1. The molecule has 1 aromatic heterocycles. The zero-order valence-corrected chi connectivity index (χ0v) is 8.03. The van der Waals surface area contributed by atoms with E-state index in [4.69, 9.17) is 0 Å². The van der Waals surface area contributed by atoms with Gasteiger partial charge in [-0.05, 0) is 20.3 Å². The van der Waals surface area contributed by atoms with Crippen molar-refractivity contribution in [3.8, 4) is 0 Å². The first-order valence-corrected chi connectivity index (χ1v) is 4.36. The molecule has 0 aliphatic heterocycles. The van der Waals surface area contributed by atoms with Crippen LogP contribution in [0.5, 0.6) is 0 Å². The van der Waals surface area contributed by atoms with Crippen LogP contribution in [0.2, 0.25) is 0 Å². The van der Waals surface area contributed by atoms with Gasteiger partial charge in [-0.15, -0.1) is 0 Å². The molecule has 0 saturated carbocycles. The van der Waals surface area contributed by atoms with Crippen LogP contribution in [0.15, 0.2) is 29.3 Å². The molecule has 0 saturated heterocycles. The van der Waals surface area contributed by atoms with Crippen LogP contribution >= 0.6 is 0 Å². The molecule has 0 radical (unpaired) electrons. The van der Waals surface area contributed by atoms with Crippen LogP contribution in [-0.2, 0) is 6.54 Å². The number of hydrogen-bond acceptors (Lipinski definition) is 2. The maximum atomic E-state index is 10.8. The lowest BCUT2D eigenvalue weighted by Gasteiger charge is -2.17. The van der Waals surface area contributed by atoms with Crippen LogP contribution in [0.25, 0.3) is 0 Å². The Morgan fingerprint density at radius 3 is 2.38 bits per heavy atom. The fraction of sp³-hybridized carbons (Fsp3) is 0.500. The van der Waals surface area contributed by atoms with E-state index in [2.05, 4.69) is 0 Å². The minimum absolute atomic E-state index is 0.0134. The second-order valence-electron chi connectivity index (χ2n) is 3.83. The van der Waals surface area contributed by atoms with Gasteiger partial charge in [0, 0.05) is 31.1 Å². The number of rotatable bonds is 3. The molecule has 72 valence electrons. The SMILES string of the molecule is CC(C)(O)CCn1ccc(=O)cc1. The predicted molar refractivity (Wildman–Crippen MR) is 51.6 cm³/mol. The molecule has 1 rings (SSSR count). The van der Waals surface area contributed by atoms with E-state index >= 15 is 0 Å². The number of hydrogen-bond donors (Lipinski definition) is 1. The first-order chi connectivity index (χ1) is 5.97. The van der Waals surface area contributed by atoms with Gasteiger partial charge >= 0.3 is 0 Å². The molecule has 0 bridgehead atoms. The summed E-state index contributed by atoms with van der Waals surface area (Å²) in [7, 11) is 0. The monoisotopic (exact) mass is 181 g/mol. The van der Waals surface area contributed by atoms with Crippen LogP contribution in [0.4, 0.5) is 0 Å². The lowest BCUT2D eigenvalue weighted by Crippen LogP contribution is -2.21. The van der Waals surface area contributed by atoms with Gasteiger partial charge < -0.3 is 9.67 Å². The minimum Gasteiger partial charge on any atom is -0.390 e. The molecule has 3 nitrogen and oxygen atoms in total. The number of nitrogens with zero attached hydrogens (tertiary/aromatic N) is 1. The molecule has 3 heteroatoms. The topological polar surface area (TPSA) is 42.2 Å². The van der Waals surface area contributed by atoms with Crippen LogP contribution < -0.4 is 5.43 Å². The first kappa shape index (κ1) is 9.99. The maximum Gasteiger partial charge on any atom is 0.181 e. The van der Waals surface area contributed by atoms with Crippen molar-refractivity contribution in [2.45, 2.75) is 32.4 Å². The molecule has 0 aromatic carbocycles. The molecule has 0 spiro atoms. The molecule has 0 atom stereocenters. The van der Waals surface area contributed by atoms with Crippen molar-refractivity contribution >= 4 is 0 Å². The average Bonchev–Trinajstić information content (AvgIpc) is 2.02. The number of aliphatic hydroxyl groups is 1. The van der Waals surface area contributed by atoms with E-state index in [0.29, 0.717) is 6.42 Å². The van der Waals surface area contributed by atoms with E-state index in [0.717, 1.165) is 6.54 Å². The summed E-state index contributed by atoms with van der Waals surface area (Å²) in [6, 6.07) is 3.04. The fourth-order valence-electron chi connectivity index (χ4n) is 0.995. The van der Waals surface area contributed by atoms with Gasteiger partial charge in [-0.25, -0.2) is 0 Å². The summed E-state index contributed by atoms with van der Waals surface area (Å²) in [6.07, 6.45) is 4.14. The Hall–Kier alpha value is -1.09.